The Kier molecular flexibility index (Phi) is 3.91. The lowest BCUT2D eigenvalue weighted by Gasteiger charge is -2.32. The van der Waals surface area contributed by atoms with Crippen molar-refractivity contribution in [3.63, 3.8) is 0 Å². The number of carbonyl (C=O) groups excluding carboxylic acids is 1. The van der Waals surface area contributed by atoms with Gasteiger partial charge in [-0.2, -0.15) is 0 Å². The van der Waals surface area contributed by atoms with Gasteiger partial charge in [-0.15, -0.1) is 5.10 Å². The molecule has 18 heavy (non-hydrogen) atoms. The zero-order valence-electron chi connectivity index (χ0n) is 10.0. The molecule has 0 aliphatic carbocycles. The molecule has 7 heteroatoms. The van der Waals surface area contributed by atoms with Gasteiger partial charge in [-0.25, -0.2) is 4.68 Å². The Balaban J connectivity index is 1.88. The van der Waals surface area contributed by atoms with Crippen LogP contribution in [0.25, 0.3) is 0 Å². The molecule has 1 unspecified atom stereocenters. The van der Waals surface area contributed by atoms with Crippen molar-refractivity contribution in [2.75, 3.05) is 13.1 Å². The van der Waals surface area contributed by atoms with Gasteiger partial charge in [0.1, 0.15) is 6.54 Å². The smallest absolute Gasteiger partial charge is 0.303 e. The van der Waals surface area contributed by atoms with E-state index in [4.69, 9.17) is 5.11 Å². The first kappa shape index (κ1) is 12.5. The van der Waals surface area contributed by atoms with Crippen LogP contribution in [0.4, 0.5) is 0 Å². The van der Waals surface area contributed by atoms with E-state index in [1.54, 1.807) is 11.1 Å². The third-order valence-corrected chi connectivity index (χ3v) is 3.10. The third-order valence-electron chi connectivity index (χ3n) is 3.10. The molecule has 2 heterocycles. The fourth-order valence-corrected chi connectivity index (χ4v) is 2.26. The lowest BCUT2D eigenvalue weighted by molar-refractivity contribution is -0.141. The number of likely N-dealkylation sites (tertiary alicyclic amines) is 1. The molecule has 0 spiro atoms. The molecule has 1 amide bonds. The molecule has 1 N–H and O–H groups in total. The Morgan fingerprint density at radius 2 is 2.28 bits per heavy atom. The fourth-order valence-electron chi connectivity index (χ4n) is 2.26. The quantitative estimate of drug-likeness (QED) is 0.814. The Morgan fingerprint density at radius 1 is 1.44 bits per heavy atom. The van der Waals surface area contributed by atoms with E-state index in [0.717, 1.165) is 12.8 Å². The molecule has 0 aromatic carbocycles. The fraction of sp³-hybridized carbons (Fsp3) is 0.636. The van der Waals surface area contributed by atoms with Crippen LogP contribution in [0.2, 0.25) is 0 Å². The van der Waals surface area contributed by atoms with Crippen molar-refractivity contribution in [1.29, 1.82) is 0 Å². The van der Waals surface area contributed by atoms with Gasteiger partial charge in [0.15, 0.2) is 0 Å². The highest BCUT2D eigenvalue weighted by Crippen LogP contribution is 2.19. The molecule has 7 nitrogen and oxygen atoms in total. The Morgan fingerprint density at radius 3 is 2.94 bits per heavy atom. The summed E-state index contributed by atoms with van der Waals surface area (Å²) in [5, 5.41) is 16.2. The number of carboxylic acids is 1. The Bertz CT molecular complexity index is 418. The minimum absolute atomic E-state index is 0.0319. The molecule has 1 aliphatic heterocycles. The van der Waals surface area contributed by atoms with Gasteiger partial charge in [0.05, 0.1) is 6.20 Å². The average molecular weight is 252 g/mol. The maximum atomic E-state index is 12.0. The molecular formula is C11H16N4O3. The van der Waals surface area contributed by atoms with Crippen molar-refractivity contribution in [1.82, 2.24) is 19.9 Å². The highest BCUT2D eigenvalue weighted by atomic mass is 16.4. The number of hydrogen-bond donors (Lipinski definition) is 1. The third kappa shape index (κ3) is 3.28. The van der Waals surface area contributed by atoms with Crippen molar-refractivity contribution in [3.8, 4) is 0 Å². The van der Waals surface area contributed by atoms with Crippen LogP contribution in [0.5, 0.6) is 0 Å². The van der Waals surface area contributed by atoms with E-state index >= 15 is 0 Å². The summed E-state index contributed by atoms with van der Waals surface area (Å²) in [6, 6.07) is 0. The molecule has 1 aromatic heterocycles. The van der Waals surface area contributed by atoms with Crippen LogP contribution in [0.1, 0.15) is 19.3 Å². The van der Waals surface area contributed by atoms with E-state index < -0.39 is 5.97 Å². The van der Waals surface area contributed by atoms with Crippen LogP contribution in [-0.4, -0.2) is 50.0 Å². The lowest BCUT2D eigenvalue weighted by Crippen LogP contribution is -2.42. The van der Waals surface area contributed by atoms with E-state index in [-0.39, 0.29) is 24.8 Å². The zero-order chi connectivity index (χ0) is 13.0. The van der Waals surface area contributed by atoms with Crippen LogP contribution in [0, 0.1) is 5.92 Å². The summed E-state index contributed by atoms with van der Waals surface area (Å²) >= 11 is 0. The number of aliphatic carboxylic acids is 1. The van der Waals surface area contributed by atoms with Crippen molar-refractivity contribution < 1.29 is 14.7 Å². The van der Waals surface area contributed by atoms with Gasteiger partial charge >= 0.3 is 5.97 Å². The first-order valence-corrected chi connectivity index (χ1v) is 5.99. The normalized spacial score (nSPS) is 19.8. The zero-order valence-corrected chi connectivity index (χ0v) is 10.0. The number of piperidine rings is 1. The summed E-state index contributed by atoms with van der Waals surface area (Å²) in [6.45, 7) is 1.39. The number of nitrogens with zero attached hydrogens (tertiary/aromatic N) is 4. The Labute approximate surface area is 104 Å². The van der Waals surface area contributed by atoms with Crippen LogP contribution >= 0.6 is 0 Å². The van der Waals surface area contributed by atoms with E-state index in [0.29, 0.717) is 13.1 Å². The summed E-state index contributed by atoms with van der Waals surface area (Å²) in [5.74, 6) is -0.767. The summed E-state index contributed by atoms with van der Waals surface area (Å²) < 4.78 is 1.48. The Hall–Kier alpha value is -1.92. The maximum absolute atomic E-state index is 12.0. The standard InChI is InChI=1S/C11H16N4O3/c16-10(8-15-5-3-12-13-15)14-4-1-2-9(7-14)6-11(17)18/h3,5,9H,1-2,4,6-8H2,(H,17,18). The van der Waals surface area contributed by atoms with E-state index in [1.807, 2.05) is 0 Å². The molecule has 1 aliphatic rings. The number of hydrogen-bond acceptors (Lipinski definition) is 4. The summed E-state index contributed by atoms with van der Waals surface area (Å²) in [4.78, 5) is 24.4. The van der Waals surface area contributed by atoms with Crippen LogP contribution in [0.3, 0.4) is 0 Å². The van der Waals surface area contributed by atoms with Crippen molar-refractivity contribution in [2.24, 2.45) is 5.92 Å². The minimum atomic E-state index is -0.800. The van der Waals surface area contributed by atoms with Crippen molar-refractivity contribution in [3.05, 3.63) is 12.4 Å². The number of rotatable bonds is 4. The number of amides is 1. The second-order valence-electron chi connectivity index (χ2n) is 4.55. The van der Waals surface area contributed by atoms with Gasteiger partial charge < -0.3 is 10.0 Å². The van der Waals surface area contributed by atoms with Crippen molar-refractivity contribution in [2.45, 2.75) is 25.8 Å². The second-order valence-corrected chi connectivity index (χ2v) is 4.55. The van der Waals surface area contributed by atoms with Gasteiger partial charge in [-0.1, -0.05) is 5.21 Å². The largest absolute Gasteiger partial charge is 0.481 e. The maximum Gasteiger partial charge on any atom is 0.303 e. The van der Waals surface area contributed by atoms with Crippen LogP contribution < -0.4 is 0 Å². The van der Waals surface area contributed by atoms with E-state index in [1.165, 1.54) is 10.9 Å². The predicted octanol–water partition coefficient (Wildman–Crippen LogP) is -0.00860. The molecule has 2 rings (SSSR count). The summed E-state index contributed by atoms with van der Waals surface area (Å²) in [5.41, 5.74) is 0. The lowest BCUT2D eigenvalue weighted by atomic mass is 9.95. The van der Waals surface area contributed by atoms with Gasteiger partial charge in [0, 0.05) is 25.7 Å². The van der Waals surface area contributed by atoms with Crippen LogP contribution in [0.15, 0.2) is 12.4 Å². The monoisotopic (exact) mass is 252 g/mol. The molecule has 1 atom stereocenters. The van der Waals surface area contributed by atoms with Gasteiger partial charge in [-0.05, 0) is 18.8 Å². The molecule has 0 radical (unpaired) electrons. The molecule has 1 saturated heterocycles. The van der Waals surface area contributed by atoms with Crippen LogP contribution in [-0.2, 0) is 16.1 Å². The average Bonchev–Trinajstić information content (AvgIpc) is 2.81. The van der Waals surface area contributed by atoms with Gasteiger partial charge in [0.2, 0.25) is 5.91 Å². The molecular weight excluding hydrogens is 236 g/mol. The summed E-state index contributed by atoms with van der Waals surface area (Å²) in [7, 11) is 0. The summed E-state index contributed by atoms with van der Waals surface area (Å²) in [6.07, 6.45) is 5.03. The SMILES string of the molecule is O=C(O)CC1CCCN(C(=O)Cn2ccnn2)C1. The minimum Gasteiger partial charge on any atom is -0.481 e. The molecule has 0 saturated carbocycles. The van der Waals surface area contributed by atoms with Gasteiger partial charge in [0.25, 0.3) is 0 Å². The number of carboxylic acid groups (broad SMARTS) is 1. The molecule has 98 valence electrons. The van der Waals surface area contributed by atoms with E-state index in [9.17, 15) is 9.59 Å². The second kappa shape index (κ2) is 5.61. The van der Waals surface area contributed by atoms with Crippen molar-refractivity contribution >= 4 is 11.9 Å². The molecule has 1 aromatic rings. The van der Waals surface area contributed by atoms with E-state index in [2.05, 4.69) is 10.3 Å². The number of aromatic nitrogens is 3. The predicted molar refractivity (Wildman–Crippen MR) is 61.6 cm³/mol. The number of carbonyl (C=O) groups is 2. The van der Waals surface area contributed by atoms with Gasteiger partial charge in [-0.3, -0.25) is 9.59 Å². The highest BCUT2D eigenvalue weighted by Gasteiger charge is 2.25. The first-order valence-electron chi connectivity index (χ1n) is 5.99. The highest BCUT2D eigenvalue weighted by molar-refractivity contribution is 5.76. The molecule has 1 fully saturated rings. The first-order chi connectivity index (χ1) is 8.65. The topological polar surface area (TPSA) is 88.3 Å². The molecule has 0 bridgehead atoms.